The molecule has 4 N–H and O–H groups in total. The van der Waals surface area contributed by atoms with Crippen LogP contribution >= 0.6 is 11.3 Å². The van der Waals surface area contributed by atoms with Gasteiger partial charge in [-0.3, -0.25) is 0 Å². The van der Waals surface area contributed by atoms with E-state index >= 15 is 0 Å². The number of nitrogens with zero attached hydrogens (tertiary/aromatic N) is 1. The maximum absolute atomic E-state index is 8.66. The summed E-state index contributed by atoms with van der Waals surface area (Å²) >= 11 is 1.77. The second-order valence-corrected chi connectivity index (χ2v) is 5.82. The maximum atomic E-state index is 8.66. The van der Waals surface area contributed by atoms with Crippen molar-refractivity contribution in [2.75, 3.05) is 6.54 Å². The molecular formula is C12H21N3OS. The molecule has 0 unspecified atom stereocenters. The molecule has 0 spiro atoms. The van der Waals surface area contributed by atoms with Crippen LogP contribution in [0.25, 0.3) is 0 Å². The first-order valence-corrected chi connectivity index (χ1v) is 6.57. The normalized spacial score (nSPS) is 13.0. The van der Waals surface area contributed by atoms with E-state index in [1.54, 1.807) is 11.3 Å². The summed E-state index contributed by atoms with van der Waals surface area (Å²) in [5.74, 6) is 0.284. The fourth-order valence-corrected chi connectivity index (χ4v) is 2.33. The number of oxime groups is 1. The predicted molar refractivity (Wildman–Crippen MR) is 72.6 cm³/mol. The van der Waals surface area contributed by atoms with Crippen molar-refractivity contribution in [1.82, 2.24) is 5.32 Å². The minimum atomic E-state index is -0.272. The van der Waals surface area contributed by atoms with Crippen molar-refractivity contribution in [1.29, 1.82) is 0 Å². The van der Waals surface area contributed by atoms with Crippen LogP contribution < -0.4 is 11.1 Å². The van der Waals surface area contributed by atoms with Crippen LogP contribution in [0.3, 0.4) is 0 Å². The third-order valence-corrected chi connectivity index (χ3v) is 4.00. The summed E-state index contributed by atoms with van der Waals surface area (Å²) < 4.78 is 0. The Morgan fingerprint density at radius 1 is 1.59 bits per heavy atom. The van der Waals surface area contributed by atoms with Crippen LogP contribution in [-0.2, 0) is 6.54 Å². The van der Waals surface area contributed by atoms with Gasteiger partial charge in [0.1, 0.15) is 5.84 Å². The van der Waals surface area contributed by atoms with Crippen LogP contribution in [0.4, 0.5) is 0 Å². The van der Waals surface area contributed by atoms with Gasteiger partial charge in [-0.1, -0.05) is 19.0 Å². The molecule has 5 heteroatoms. The number of rotatable bonds is 6. The average Bonchev–Trinajstić information content (AvgIpc) is 2.69. The van der Waals surface area contributed by atoms with Gasteiger partial charge in [0.15, 0.2) is 0 Å². The number of nitrogens with one attached hydrogen (secondary N) is 1. The van der Waals surface area contributed by atoms with Gasteiger partial charge in [-0.05, 0) is 36.9 Å². The highest BCUT2D eigenvalue weighted by molar-refractivity contribution is 7.10. The number of amidine groups is 1. The van der Waals surface area contributed by atoms with E-state index in [2.05, 4.69) is 28.8 Å². The van der Waals surface area contributed by atoms with Crippen molar-refractivity contribution < 1.29 is 5.21 Å². The molecule has 0 aliphatic rings. The monoisotopic (exact) mass is 255 g/mol. The zero-order chi connectivity index (χ0) is 12.9. The number of thiophene rings is 1. The minimum Gasteiger partial charge on any atom is -0.409 e. The van der Waals surface area contributed by atoms with Crippen LogP contribution in [0.1, 0.15) is 30.7 Å². The first kappa shape index (κ1) is 14.0. The highest BCUT2D eigenvalue weighted by atomic mass is 32.1. The van der Waals surface area contributed by atoms with Crippen molar-refractivity contribution in [3.8, 4) is 0 Å². The number of aryl methyl sites for hydroxylation is 1. The van der Waals surface area contributed by atoms with Gasteiger partial charge in [0.2, 0.25) is 0 Å². The third-order valence-electron chi connectivity index (χ3n) is 2.98. The summed E-state index contributed by atoms with van der Waals surface area (Å²) in [6, 6.07) is 2.13. The summed E-state index contributed by atoms with van der Waals surface area (Å²) in [4.78, 5) is 1.37. The topological polar surface area (TPSA) is 70.6 Å². The summed E-state index contributed by atoms with van der Waals surface area (Å²) in [6.07, 6.45) is 0.841. The van der Waals surface area contributed by atoms with Crippen LogP contribution in [0, 0.1) is 12.3 Å². The lowest BCUT2D eigenvalue weighted by molar-refractivity contribution is 0.305. The lowest BCUT2D eigenvalue weighted by Gasteiger charge is -2.22. The van der Waals surface area contributed by atoms with Crippen molar-refractivity contribution in [3.63, 3.8) is 0 Å². The molecule has 1 aromatic rings. The first-order valence-electron chi connectivity index (χ1n) is 5.69. The van der Waals surface area contributed by atoms with Gasteiger partial charge < -0.3 is 16.3 Å². The van der Waals surface area contributed by atoms with Crippen LogP contribution in [0.2, 0.25) is 0 Å². The number of nitrogens with two attached hydrogens (primary N) is 1. The van der Waals surface area contributed by atoms with Gasteiger partial charge in [0.25, 0.3) is 0 Å². The largest absolute Gasteiger partial charge is 0.409 e. The molecule has 1 heterocycles. The molecular weight excluding hydrogens is 234 g/mol. The van der Waals surface area contributed by atoms with E-state index in [9.17, 15) is 0 Å². The van der Waals surface area contributed by atoms with Gasteiger partial charge >= 0.3 is 0 Å². The van der Waals surface area contributed by atoms with E-state index in [1.165, 1.54) is 10.4 Å². The summed E-state index contributed by atoms with van der Waals surface area (Å²) in [5.41, 5.74) is 6.69. The highest BCUT2D eigenvalue weighted by Crippen LogP contribution is 2.20. The molecule has 1 aromatic heterocycles. The first-order chi connectivity index (χ1) is 7.97. The molecule has 0 bridgehead atoms. The molecule has 0 saturated heterocycles. The summed E-state index contributed by atoms with van der Waals surface area (Å²) in [5, 5.41) is 17.2. The Kier molecular flexibility index (Phi) is 4.96. The second-order valence-electron chi connectivity index (χ2n) is 4.82. The molecule has 17 heavy (non-hydrogen) atoms. The Morgan fingerprint density at radius 2 is 2.29 bits per heavy atom. The number of hydrogen-bond donors (Lipinski definition) is 3. The van der Waals surface area contributed by atoms with Crippen LogP contribution in [0.15, 0.2) is 16.6 Å². The molecule has 0 aliphatic heterocycles. The van der Waals surface area contributed by atoms with Gasteiger partial charge in [-0.25, -0.2) is 0 Å². The van der Waals surface area contributed by atoms with E-state index in [1.807, 2.05) is 13.8 Å². The molecule has 4 nitrogen and oxygen atoms in total. The summed E-state index contributed by atoms with van der Waals surface area (Å²) in [7, 11) is 0. The maximum Gasteiger partial charge on any atom is 0.144 e. The highest BCUT2D eigenvalue weighted by Gasteiger charge is 2.22. The fourth-order valence-electron chi connectivity index (χ4n) is 1.45. The molecule has 0 amide bonds. The van der Waals surface area contributed by atoms with Gasteiger partial charge in [0, 0.05) is 16.8 Å². The van der Waals surface area contributed by atoms with Crippen LogP contribution in [-0.4, -0.2) is 17.6 Å². The molecule has 0 aliphatic carbocycles. The molecule has 0 saturated carbocycles. The third kappa shape index (κ3) is 4.02. The van der Waals surface area contributed by atoms with Gasteiger partial charge in [0.05, 0.1) is 0 Å². The summed E-state index contributed by atoms with van der Waals surface area (Å²) in [6.45, 7) is 7.80. The SMILES string of the molecule is Cc1ccsc1CNCCC(C)(C)C(N)=NO. The smallest absolute Gasteiger partial charge is 0.144 e. The molecule has 0 aromatic carbocycles. The Morgan fingerprint density at radius 3 is 2.82 bits per heavy atom. The minimum absolute atomic E-state index is 0.272. The van der Waals surface area contributed by atoms with Crippen molar-refractivity contribution in [3.05, 3.63) is 21.9 Å². The van der Waals surface area contributed by atoms with Gasteiger partial charge in [-0.2, -0.15) is 0 Å². The van der Waals surface area contributed by atoms with Gasteiger partial charge in [-0.15, -0.1) is 11.3 Å². The standard InChI is InChI=1S/C12H21N3OS/c1-9-4-7-17-10(9)8-14-6-5-12(2,3)11(13)15-16/h4,7,14,16H,5-6,8H2,1-3H3,(H2,13,15). The van der Waals surface area contributed by atoms with E-state index in [4.69, 9.17) is 10.9 Å². The Hall–Kier alpha value is -1.07. The fraction of sp³-hybridized carbons (Fsp3) is 0.583. The van der Waals surface area contributed by atoms with E-state index in [-0.39, 0.29) is 11.3 Å². The molecule has 0 atom stereocenters. The zero-order valence-corrected chi connectivity index (χ0v) is 11.5. The quantitative estimate of drug-likeness (QED) is 0.240. The van der Waals surface area contributed by atoms with Crippen molar-refractivity contribution in [2.45, 2.75) is 33.7 Å². The van der Waals surface area contributed by atoms with Crippen molar-refractivity contribution in [2.24, 2.45) is 16.3 Å². The Labute approximate surface area is 107 Å². The molecule has 0 fully saturated rings. The zero-order valence-electron chi connectivity index (χ0n) is 10.7. The molecule has 1 rings (SSSR count). The van der Waals surface area contributed by atoms with Crippen molar-refractivity contribution >= 4 is 17.2 Å². The molecule has 0 radical (unpaired) electrons. The Balaban J connectivity index is 2.32. The van der Waals surface area contributed by atoms with E-state index in [0.29, 0.717) is 0 Å². The Bertz CT molecular complexity index is 385. The second kappa shape index (κ2) is 6.02. The lowest BCUT2D eigenvalue weighted by atomic mass is 9.88. The lowest BCUT2D eigenvalue weighted by Crippen LogP contribution is -2.34. The van der Waals surface area contributed by atoms with E-state index in [0.717, 1.165) is 19.5 Å². The average molecular weight is 255 g/mol. The predicted octanol–water partition coefficient (Wildman–Crippen LogP) is 2.31. The van der Waals surface area contributed by atoms with Crippen LogP contribution in [0.5, 0.6) is 0 Å². The van der Waals surface area contributed by atoms with E-state index < -0.39 is 0 Å². The molecule has 96 valence electrons. The number of hydrogen-bond acceptors (Lipinski definition) is 4.